The van der Waals surface area contributed by atoms with Crippen LogP contribution in [0.5, 0.6) is 5.75 Å². The number of ether oxygens (including phenoxy) is 1. The summed E-state index contributed by atoms with van der Waals surface area (Å²) in [6.07, 6.45) is 1.18. The molecular weight excluding hydrogens is 186 g/mol. The van der Waals surface area contributed by atoms with Gasteiger partial charge in [-0.25, -0.2) is 0 Å². The molecule has 0 aliphatic carbocycles. The highest BCUT2D eigenvalue weighted by molar-refractivity contribution is 5.37. The predicted molar refractivity (Wildman–Crippen MR) is 62.3 cm³/mol. The molecule has 1 aliphatic heterocycles. The van der Waals surface area contributed by atoms with E-state index >= 15 is 0 Å². The maximum atomic E-state index is 5.52. The van der Waals surface area contributed by atoms with Crippen molar-refractivity contribution < 1.29 is 4.74 Å². The molecule has 2 nitrogen and oxygen atoms in total. The van der Waals surface area contributed by atoms with Gasteiger partial charge in [0.15, 0.2) is 0 Å². The van der Waals surface area contributed by atoms with E-state index in [0.29, 0.717) is 0 Å². The highest BCUT2D eigenvalue weighted by Gasteiger charge is 2.14. The van der Waals surface area contributed by atoms with Crippen molar-refractivity contribution in [2.75, 3.05) is 19.7 Å². The van der Waals surface area contributed by atoms with E-state index in [1.807, 2.05) is 6.92 Å². The molecule has 1 heterocycles. The Hall–Kier alpha value is -1.02. The zero-order chi connectivity index (χ0) is 10.7. The lowest BCUT2D eigenvalue weighted by Crippen LogP contribution is -2.30. The quantitative estimate of drug-likeness (QED) is 0.751. The SMILES string of the molecule is CCOc1ccc2c(c1)CN(CC)CC2. The fourth-order valence-electron chi connectivity index (χ4n) is 2.12. The van der Waals surface area contributed by atoms with Crippen LogP contribution in [0, 0.1) is 0 Å². The number of hydrogen-bond acceptors (Lipinski definition) is 2. The maximum Gasteiger partial charge on any atom is 0.119 e. The van der Waals surface area contributed by atoms with Gasteiger partial charge in [-0.2, -0.15) is 0 Å². The molecule has 0 bridgehead atoms. The first-order valence-electron chi connectivity index (χ1n) is 5.80. The lowest BCUT2D eigenvalue weighted by atomic mass is 9.99. The third-order valence-electron chi connectivity index (χ3n) is 3.03. The summed E-state index contributed by atoms with van der Waals surface area (Å²) < 4.78 is 5.52. The van der Waals surface area contributed by atoms with Gasteiger partial charge in [-0.05, 0) is 43.1 Å². The number of likely N-dealkylation sites (N-methyl/N-ethyl adjacent to an activating group) is 1. The normalized spacial score (nSPS) is 16.1. The number of rotatable bonds is 3. The first-order valence-corrected chi connectivity index (χ1v) is 5.80. The zero-order valence-electron chi connectivity index (χ0n) is 9.62. The average molecular weight is 205 g/mol. The van der Waals surface area contributed by atoms with Gasteiger partial charge >= 0.3 is 0 Å². The Labute approximate surface area is 91.9 Å². The van der Waals surface area contributed by atoms with Gasteiger partial charge in [-0.3, -0.25) is 4.90 Å². The van der Waals surface area contributed by atoms with E-state index in [2.05, 4.69) is 30.0 Å². The molecule has 0 aromatic heterocycles. The molecule has 2 rings (SSSR count). The van der Waals surface area contributed by atoms with E-state index in [0.717, 1.165) is 25.4 Å². The van der Waals surface area contributed by atoms with Crippen LogP contribution in [0.2, 0.25) is 0 Å². The Kier molecular flexibility index (Phi) is 3.27. The Morgan fingerprint density at radius 3 is 2.87 bits per heavy atom. The Morgan fingerprint density at radius 1 is 1.27 bits per heavy atom. The van der Waals surface area contributed by atoms with Crippen LogP contribution in [-0.2, 0) is 13.0 Å². The van der Waals surface area contributed by atoms with E-state index in [-0.39, 0.29) is 0 Å². The molecule has 0 unspecified atom stereocenters. The van der Waals surface area contributed by atoms with Crippen molar-refractivity contribution in [2.45, 2.75) is 26.8 Å². The Bertz CT molecular complexity index is 335. The van der Waals surface area contributed by atoms with Gasteiger partial charge in [0.25, 0.3) is 0 Å². The molecule has 82 valence electrons. The first-order chi connectivity index (χ1) is 7.33. The van der Waals surface area contributed by atoms with E-state index in [1.165, 1.54) is 24.1 Å². The summed E-state index contributed by atoms with van der Waals surface area (Å²) in [5.41, 5.74) is 2.93. The minimum Gasteiger partial charge on any atom is -0.494 e. The monoisotopic (exact) mass is 205 g/mol. The van der Waals surface area contributed by atoms with Crippen LogP contribution in [0.3, 0.4) is 0 Å². The number of hydrogen-bond donors (Lipinski definition) is 0. The standard InChI is InChI=1S/C13H19NO/c1-3-14-8-7-11-5-6-13(15-4-2)9-12(11)10-14/h5-6,9H,3-4,7-8,10H2,1-2H3. The third kappa shape index (κ3) is 2.32. The second-order valence-corrected chi connectivity index (χ2v) is 3.98. The van der Waals surface area contributed by atoms with Crippen molar-refractivity contribution in [2.24, 2.45) is 0 Å². The van der Waals surface area contributed by atoms with Crippen molar-refractivity contribution in [1.29, 1.82) is 0 Å². The largest absolute Gasteiger partial charge is 0.494 e. The van der Waals surface area contributed by atoms with Crippen LogP contribution < -0.4 is 4.74 Å². The fourth-order valence-corrected chi connectivity index (χ4v) is 2.12. The van der Waals surface area contributed by atoms with Gasteiger partial charge in [0, 0.05) is 13.1 Å². The predicted octanol–water partition coefficient (Wildman–Crippen LogP) is 2.46. The molecule has 0 N–H and O–H groups in total. The van der Waals surface area contributed by atoms with Gasteiger partial charge in [0.1, 0.15) is 5.75 Å². The number of benzene rings is 1. The van der Waals surface area contributed by atoms with E-state index in [4.69, 9.17) is 4.74 Å². The Morgan fingerprint density at radius 2 is 2.13 bits per heavy atom. The van der Waals surface area contributed by atoms with Crippen molar-refractivity contribution >= 4 is 0 Å². The van der Waals surface area contributed by atoms with Gasteiger partial charge in [0.05, 0.1) is 6.61 Å². The van der Waals surface area contributed by atoms with Crippen molar-refractivity contribution in [3.8, 4) is 5.75 Å². The van der Waals surface area contributed by atoms with Crippen LogP contribution in [0.1, 0.15) is 25.0 Å². The zero-order valence-corrected chi connectivity index (χ0v) is 9.62. The van der Waals surface area contributed by atoms with E-state index < -0.39 is 0 Å². The Balaban J connectivity index is 2.19. The maximum absolute atomic E-state index is 5.52. The molecule has 2 heteroatoms. The minimum atomic E-state index is 0.746. The molecule has 0 spiro atoms. The van der Waals surface area contributed by atoms with E-state index in [1.54, 1.807) is 0 Å². The topological polar surface area (TPSA) is 12.5 Å². The third-order valence-corrected chi connectivity index (χ3v) is 3.03. The second-order valence-electron chi connectivity index (χ2n) is 3.98. The van der Waals surface area contributed by atoms with Gasteiger partial charge in [-0.15, -0.1) is 0 Å². The molecule has 1 aliphatic rings. The first kappa shape index (κ1) is 10.5. The molecular formula is C13H19NO. The van der Waals surface area contributed by atoms with Crippen molar-refractivity contribution in [3.05, 3.63) is 29.3 Å². The van der Waals surface area contributed by atoms with Gasteiger partial charge in [-0.1, -0.05) is 13.0 Å². The molecule has 15 heavy (non-hydrogen) atoms. The van der Waals surface area contributed by atoms with Crippen LogP contribution in [0.4, 0.5) is 0 Å². The average Bonchev–Trinajstić information content (AvgIpc) is 2.28. The summed E-state index contributed by atoms with van der Waals surface area (Å²) in [6, 6.07) is 6.50. The summed E-state index contributed by atoms with van der Waals surface area (Å²) in [5.74, 6) is 1.01. The molecule has 1 aromatic rings. The highest BCUT2D eigenvalue weighted by atomic mass is 16.5. The number of nitrogens with zero attached hydrogens (tertiary/aromatic N) is 1. The van der Waals surface area contributed by atoms with Crippen molar-refractivity contribution in [3.63, 3.8) is 0 Å². The van der Waals surface area contributed by atoms with Gasteiger partial charge < -0.3 is 4.74 Å². The molecule has 0 amide bonds. The lowest BCUT2D eigenvalue weighted by molar-refractivity contribution is 0.266. The minimum absolute atomic E-state index is 0.746. The van der Waals surface area contributed by atoms with E-state index in [9.17, 15) is 0 Å². The second kappa shape index (κ2) is 4.67. The summed E-state index contributed by atoms with van der Waals surface area (Å²) in [7, 11) is 0. The lowest BCUT2D eigenvalue weighted by Gasteiger charge is -2.27. The van der Waals surface area contributed by atoms with Crippen LogP contribution >= 0.6 is 0 Å². The smallest absolute Gasteiger partial charge is 0.119 e. The van der Waals surface area contributed by atoms with Gasteiger partial charge in [0.2, 0.25) is 0 Å². The highest BCUT2D eigenvalue weighted by Crippen LogP contribution is 2.23. The molecule has 1 aromatic carbocycles. The molecule has 0 fully saturated rings. The summed E-state index contributed by atoms with van der Waals surface area (Å²) in [5, 5.41) is 0. The molecule has 0 atom stereocenters. The summed E-state index contributed by atoms with van der Waals surface area (Å²) in [6.45, 7) is 8.40. The summed E-state index contributed by atoms with van der Waals surface area (Å²) >= 11 is 0. The molecule has 0 saturated heterocycles. The van der Waals surface area contributed by atoms with Crippen LogP contribution in [0.15, 0.2) is 18.2 Å². The van der Waals surface area contributed by atoms with Crippen molar-refractivity contribution in [1.82, 2.24) is 4.90 Å². The number of fused-ring (bicyclic) bond motifs is 1. The molecule has 0 saturated carbocycles. The van der Waals surface area contributed by atoms with Crippen LogP contribution in [0.25, 0.3) is 0 Å². The fraction of sp³-hybridized carbons (Fsp3) is 0.538. The molecule has 0 radical (unpaired) electrons. The van der Waals surface area contributed by atoms with Crippen LogP contribution in [-0.4, -0.2) is 24.6 Å². The summed E-state index contributed by atoms with van der Waals surface area (Å²) in [4.78, 5) is 2.47.